The summed E-state index contributed by atoms with van der Waals surface area (Å²) >= 11 is 0. The summed E-state index contributed by atoms with van der Waals surface area (Å²) < 4.78 is 0. The summed E-state index contributed by atoms with van der Waals surface area (Å²) in [4.78, 5) is 4.71. The van der Waals surface area contributed by atoms with E-state index in [-0.39, 0.29) is 0 Å². The summed E-state index contributed by atoms with van der Waals surface area (Å²) in [5, 5.41) is 7.72. The SMILES string of the molecule is NCCCC(C[C@@H]1NCCc2ccccc21)N[C@H]1CCCc2cccnc21. The molecule has 1 aromatic heterocycles. The van der Waals surface area contributed by atoms with Crippen LogP contribution in [-0.4, -0.2) is 24.1 Å². The quantitative estimate of drug-likeness (QED) is 0.704. The number of nitrogens with zero attached hydrogens (tertiary/aromatic N) is 1. The van der Waals surface area contributed by atoms with Gasteiger partial charge < -0.3 is 16.4 Å². The molecule has 0 bridgehead atoms. The van der Waals surface area contributed by atoms with Crippen LogP contribution in [0.15, 0.2) is 42.6 Å². The van der Waals surface area contributed by atoms with Gasteiger partial charge in [0.1, 0.15) is 0 Å². The van der Waals surface area contributed by atoms with E-state index in [1.54, 1.807) is 0 Å². The molecule has 4 heteroatoms. The van der Waals surface area contributed by atoms with E-state index in [4.69, 9.17) is 10.7 Å². The minimum Gasteiger partial charge on any atom is -0.330 e. The van der Waals surface area contributed by atoms with Crippen molar-refractivity contribution in [3.05, 3.63) is 65.0 Å². The van der Waals surface area contributed by atoms with Crippen molar-refractivity contribution in [2.45, 2.75) is 63.1 Å². The largest absolute Gasteiger partial charge is 0.330 e. The first-order valence-corrected chi connectivity index (χ1v) is 10.6. The van der Waals surface area contributed by atoms with Gasteiger partial charge in [0, 0.05) is 24.3 Å². The average molecular weight is 365 g/mol. The van der Waals surface area contributed by atoms with Crippen molar-refractivity contribution < 1.29 is 0 Å². The molecule has 27 heavy (non-hydrogen) atoms. The molecule has 1 aromatic carbocycles. The topological polar surface area (TPSA) is 63.0 Å². The molecule has 0 radical (unpaired) electrons. The van der Waals surface area contributed by atoms with E-state index in [1.165, 1.54) is 35.2 Å². The molecule has 2 aromatic rings. The van der Waals surface area contributed by atoms with Gasteiger partial charge in [-0.3, -0.25) is 4.98 Å². The van der Waals surface area contributed by atoms with E-state index in [1.807, 2.05) is 6.20 Å². The number of nitrogens with two attached hydrogens (primary N) is 1. The molecule has 0 saturated carbocycles. The number of nitrogens with one attached hydrogen (secondary N) is 2. The van der Waals surface area contributed by atoms with Crippen molar-refractivity contribution in [2.24, 2.45) is 5.73 Å². The third-order valence-corrected chi connectivity index (χ3v) is 6.12. The molecule has 4 rings (SSSR count). The number of pyridine rings is 1. The maximum Gasteiger partial charge on any atom is 0.0605 e. The number of rotatable bonds is 7. The second-order valence-corrected chi connectivity index (χ2v) is 7.98. The predicted octanol–water partition coefficient (Wildman–Crippen LogP) is 3.43. The lowest BCUT2D eigenvalue weighted by Gasteiger charge is -2.34. The minimum absolute atomic E-state index is 0.372. The van der Waals surface area contributed by atoms with Crippen LogP contribution in [0.5, 0.6) is 0 Å². The Morgan fingerprint density at radius 1 is 1.15 bits per heavy atom. The molecule has 1 unspecified atom stereocenters. The van der Waals surface area contributed by atoms with E-state index in [2.05, 4.69) is 47.0 Å². The summed E-state index contributed by atoms with van der Waals surface area (Å²) in [6, 6.07) is 14.5. The highest BCUT2D eigenvalue weighted by Crippen LogP contribution is 2.31. The van der Waals surface area contributed by atoms with Crippen molar-refractivity contribution in [3.63, 3.8) is 0 Å². The fourth-order valence-electron chi connectivity index (χ4n) is 4.78. The Labute approximate surface area is 163 Å². The molecule has 0 spiro atoms. The van der Waals surface area contributed by atoms with Crippen LogP contribution >= 0.6 is 0 Å². The number of benzene rings is 1. The Balaban J connectivity index is 1.50. The maximum absolute atomic E-state index is 5.84. The molecule has 3 atom stereocenters. The lowest BCUT2D eigenvalue weighted by atomic mass is 9.87. The van der Waals surface area contributed by atoms with Gasteiger partial charge in [-0.2, -0.15) is 0 Å². The Kier molecular flexibility index (Phi) is 6.17. The highest BCUT2D eigenvalue weighted by Gasteiger charge is 2.27. The molecule has 1 aliphatic carbocycles. The molecule has 4 nitrogen and oxygen atoms in total. The first-order chi connectivity index (χ1) is 13.3. The van der Waals surface area contributed by atoms with Gasteiger partial charge in [0.15, 0.2) is 0 Å². The lowest BCUT2D eigenvalue weighted by molar-refractivity contribution is 0.319. The Bertz CT molecular complexity index is 685. The third kappa shape index (κ3) is 4.40. The Morgan fingerprint density at radius 2 is 2.04 bits per heavy atom. The molecule has 0 amide bonds. The second-order valence-electron chi connectivity index (χ2n) is 7.98. The van der Waals surface area contributed by atoms with Crippen molar-refractivity contribution in [1.82, 2.24) is 15.6 Å². The fraction of sp³-hybridized carbons (Fsp3) is 0.522. The molecule has 2 aliphatic rings. The van der Waals surface area contributed by atoms with E-state index >= 15 is 0 Å². The maximum atomic E-state index is 5.84. The first-order valence-electron chi connectivity index (χ1n) is 10.6. The summed E-state index contributed by atoms with van der Waals surface area (Å²) in [5.41, 5.74) is 11.5. The van der Waals surface area contributed by atoms with Crippen LogP contribution in [-0.2, 0) is 12.8 Å². The number of aryl methyl sites for hydroxylation is 1. The third-order valence-electron chi connectivity index (χ3n) is 6.12. The van der Waals surface area contributed by atoms with E-state index in [0.29, 0.717) is 18.1 Å². The normalized spacial score (nSPS) is 22.7. The van der Waals surface area contributed by atoms with Gasteiger partial charge in [0.2, 0.25) is 0 Å². The van der Waals surface area contributed by atoms with Gasteiger partial charge in [0.25, 0.3) is 0 Å². The van der Waals surface area contributed by atoms with Crippen molar-refractivity contribution in [3.8, 4) is 0 Å². The monoisotopic (exact) mass is 364 g/mol. The molecule has 2 heterocycles. The van der Waals surface area contributed by atoms with Crippen LogP contribution in [0.25, 0.3) is 0 Å². The molecular formula is C23H32N4. The van der Waals surface area contributed by atoms with Gasteiger partial charge in [0.05, 0.1) is 5.69 Å². The summed E-state index contributed by atoms with van der Waals surface area (Å²) in [6.45, 7) is 1.82. The fourth-order valence-corrected chi connectivity index (χ4v) is 4.78. The number of hydrogen-bond acceptors (Lipinski definition) is 4. The predicted molar refractivity (Wildman–Crippen MR) is 111 cm³/mol. The highest BCUT2D eigenvalue weighted by molar-refractivity contribution is 5.32. The Morgan fingerprint density at radius 3 is 2.96 bits per heavy atom. The van der Waals surface area contributed by atoms with Crippen LogP contribution in [0.1, 0.15) is 66.6 Å². The lowest BCUT2D eigenvalue weighted by Crippen LogP contribution is -2.40. The zero-order valence-corrected chi connectivity index (χ0v) is 16.2. The van der Waals surface area contributed by atoms with Gasteiger partial charge >= 0.3 is 0 Å². The summed E-state index contributed by atoms with van der Waals surface area (Å²) in [6.07, 6.45) is 9.94. The van der Waals surface area contributed by atoms with Gasteiger partial charge in [-0.25, -0.2) is 0 Å². The standard InChI is InChI=1S/C23H32N4/c24-13-4-9-19(16-22-20-10-2-1-6-17(20)12-15-25-22)27-21-11-3-7-18-8-5-14-26-23(18)21/h1-2,5-6,8,10,14,19,21-22,25,27H,3-4,7,9,11-13,15-16,24H2/t19?,21-,22-/m0/s1. The summed E-state index contributed by atoms with van der Waals surface area (Å²) in [5.74, 6) is 0. The average Bonchev–Trinajstić information content (AvgIpc) is 2.72. The van der Waals surface area contributed by atoms with E-state index in [0.717, 1.165) is 45.2 Å². The molecule has 1 aliphatic heterocycles. The van der Waals surface area contributed by atoms with Crippen LogP contribution in [0.4, 0.5) is 0 Å². The van der Waals surface area contributed by atoms with Crippen LogP contribution in [0.2, 0.25) is 0 Å². The molecule has 4 N–H and O–H groups in total. The Hall–Kier alpha value is -1.75. The number of aromatic nitrogens is 1. The van der Waals surface area contributed by atoms with Gasteiger partial charge in [-0.05, 0) is 80.8 Å². The van der Waals surface area contributed by atoms with Crippen molar-refractivity contribution in [1.29, 1.82) is 0 Å². The van der Waals surface area contributed by atoms with Crippen LogP contribution in [0.3, 0.4) is 0 Å². The smallest absolute Gasteiger partial charge is 0.0605 e. The highest BCUT2D eigenvalue weighted by atomic mass is 15.0. The second kappa shape index (κ2) is 8.96. The minimum atomic E-state index is 0.372. The van der Waals surface area contributed by atoms with Crippen LogP contribution in [0, 0.1) is 0 Å². The number of hydrogen-bond donors (Lipinski definition) is 3. The van der Waals surface area contributed by atoms with Crippen molar-refractivity contribution in [2.75, 3.05) is 13.1 Å². The zero-order valence-electron chi connectivity index (χ0n) is 16.2. The van der Waals surface area contributed by atoms with E-state index in [9.17, 15) is 0 Å². The first kappa shape index (κ1) is 18.6. The molecule has 0 saturated heterocycles. The number of fused-ring (bicyclic) bond motifs is 2. The van der Waals surface area contributed by atoms with Crippen LogP contribution < -0.4 is 16.4 Å². The van der Waals surface area contributed by atoms with Gasteiger partial charge in [-0.15, -0.1) is 0 Å². The zero-order chi connectivity index (χ0) is 18.5. The van der Waals surface area contributed by atoms with Crippen molar-refractivity contribution >= 4 is 0 Å². The summed E-state index contributed by atoms with van der Waals surface area (Å²) in [7, 11) is 0. The molecule has 0 fully saturated rings. The van der Waals surface area contributed by atoms with E-state index < -0.39 is 0 Å². The van der Waals surface area contributed by atoms with Gasteiger partial charge in [-0.1, -0.05) is 30.3 Å². The molecular weight excluding hydrogens is 332 g/mol. The molecule has 144 valence electrons.